The fourth-order valence-corrected chi connectivity index (χ4v) is 4.22. The van der Waals surface area contributed by atoms with Gasteiger partial charge in [0, 0.05) is 18.0 Å². The summed E-state index contributed by atoms with van der Waals surface area (Å²) >= 11 is 1.29. The first-order valence-electron chi connectivity index (χ1n) is 9.04. The van der Waals surface area contributed by atoms with E-state index in [4.69, 9.17) is 9.47 Å². The normalized spacial score (nSPS) is 20.7. The Morgan fingerprint density at radius 3 is 2.85 bits per heavy atom. The molecule has 1 saturated heterocycles. The minimum Gasteiger partial charge on any atom is -0.454 e. The van der Waals surface area contributed by atoms with Crippen LogP contribution in [0.3, 0.4) is 0 Å². The lowest BCUT2D eigenvalue weighted by Crippen LogP contribution is -2.43. The first-order chi connectivity index (χ1) is 13.2. The predicted molar refractivity (Wildman–Crippen MR) is 97.6 cm³/mol. The number of rotatable bonds is 4. The highest BCUT2D eigenvalue weighted by molar-refractivity contribution is 7.18. The Kier molecular flexibility index (Phi) is 3.96. The van der Waals surface area contributed by atoms with Crippen LogP contribution in [0, 0.1) is 5.92 Å². The SMILES string of the molecule is O=C(Nc1nnc(-c2ccc3c(c2)OCO3)s1)C1CCCN1C(=O)C1CC1. The van der Waals surface area contributed by atoms with Gasteiger partial charge in [-0.2, -0.15) is 0 Å². The number of hydrogen-bond donors (Lipinski definition) is 1. The molecule has 2 fully saturated rings. The molecule has 2 aliphatic heterocycles. The molecule has 8 nitrogen and oxygen atoms in total. The highest BCUT2D eigenvalue weighted by Crippen LogP contribution is 2.37. The molecule has 2 aromatic rings. The maximum absolute atomic E-state index is 12.7. The molecule has 1 unspecified atom stereocenters. The third-order valence-corrected chi connectivity index (χ3v) is 5.93. The Morgan fingerprint density at radius 2 is 2.00 bits per heavy atom. The average molecular weight is 386 g/mol. The molecular weight excluding hydrogens is 368 g/mol. The lowest BCUT2D eigenvalue weighted by atomic mass is 10.2. The molecule has 3 aliphatic rings. The van der Waals surface area contributed by atoms with Crippen LogP contribution in [-0.4, -0.2) is 46.3 Å². The lowest BCUT2D eigenvalue weighted by molar-refractivity contribution is -0.137. The molecule has 1 saturated carbocycles. The smallest absolute Gasteiger partial charge is 0.249 e. The summed E-state index contributed by atoms with van der Waals surface area (Å²) in [5.41, 5.74) is 0.851. The largest absolute Gasteiger partial charge is 0.454 e. The molecule has 1 atom stereocenters. The van der Waals surface area contributed by atoms with Gasteiger partial charge in [0.25, 0.3) is 0 Å². The summed E-state index contributed by atoms with van der Waals surface area (Å²) in [6.07, 6.45) is 3.44. The van der Waals surface area contributed by atoms with Gasteiger partial charge in [-0.3, -0.25) is 14.9 Å². The van der Waals surface area contributed by atoms with Crippen molar-refractivity contribution in [2.75, 3.05) is 18.7 Å². The number of nitrogens with zero attached hydrogens (tertiary/aromatic N) is 3. The zero-order valence-electron chi connectivity index (χ0n) is 14.5. The van der Waals surface area contributed by atoms with Crippen LogP contribution >= 0.6 is 11.3 Å². The Labute approximate surface area is 159 Å². The topological polar surface area (TPSA) is 93.7 Å². The van der Waals surface area contributed by atoms with Gasteiger partial charge in [-0.25, -0.2) is 0 Å². The van der Waals surface area contributed by atoms with Gasteiger partial charge in [0.05, 0.1) is 0 Å². The number of amides is 2. The zero-order chi connectivity index (χ0) is 18.4. The van der Waals surface area contributed by atoms with E-state index in [-0.39, 0.29) is 24.5 Å². The number of carbonyl (C=O) groups is 2. The van der Waals surface area contributed by atoms with Crippen LogP contribution in [0.1, 0.15) is 25.7 Å². The summed E-state index contributed by atoms with van der Waals surface area (Å²) in [6.45, 7) is 0.875. The summed E-state index contributed by atoms with van der Waals surface area (Å²) in [5.74, 6) is 1.44. The van der Waals surface area contributed by atoms with E-state index in [1.54, 1.807) is 4.90 Å². The quantitative estimate of drug-likeness (QED) is 0.866. The number of anilines is 1. The lowest BCUT2D eigenvalue weighted by Gasteiger charge is -2.23. The number of nitrogens with one attached hydrogen (secondary N) is 1. The van der Waals surface area contributed by atoms with E-state index in [0.717, 1.165) is 24.8 Å². The van der Waals surface area contributed by atoms with E-state index >= 15 is 0 Å². The minimum absolute atomic E-state index is 0.117. The fraction of sp³-hybridized carbons (Fsp3) is 0.444. The Bertz CT molecular complexity index is 911. The molecule has 9 heteroatoms. The molecule has 1 N–H and O–H groups in total. The number of likely N-dealkylation sites (tertiary alicyclic amines) is 1. The van der Waals surface area contributed by atoms with E-state index < -0.39 is 6.04 Å². The molecule has 0 spiro atoms. The molecule has 2 amide bonds. The molecule has 0 bridgehead atoms. The third kappa shape index (κ3) is 3.12. The van der Waals surface area contributed by atoms with E-state index in [1.807, 2.05) is 18.2 Å². The summed E-state index contributed by atoms with van der Waals surface area (Å²) in [4.78, 5) is 26.8. The van der Waals surface area contributed by atoms with Gasteiger partial charge in [-0.1, -0.05) is 11.3 Å². The Balaban J connectivity index is 1.29. The standard InChI is InChI=1S/C18H18N4O4S/c23-15(12-2-1-7-22(12)17(24)10-3-4-10)19-18-21-20-16(27-18)11-5-6-13-14(8-11)26-9-25-13/h5-6,8,10,12H,1-4,7,9H2,(H,19,21,23). The van der Waals surface area contributed by atoms with Gasteiger partial charge >= 0.3 is 0 Å². The molecule has 0 radical (unpaired) electrons. The highest BCUT2D eigenvalue weighted by Gasteiger charge is 2.41. The summed E-state index contributed by atoms with van der Waals surface area (Å²) in [5, 5.41) is 12.2. The van der Waals surface area contributed by atoms with Crippen LogP contribution in [0.4, 0.5) is 5.13 Å². The first-order valence-corrected chi connectivity index (χ1v) is 9.85. The number of fused-ring (bicyclic) bond motifs is 1. The van der Waals surface area contributed by atoms with Gasteiger partial charge in [0.15, 0.2) is 11.5 Å². The van der Waals surface area contributed by atoms with Crippen molar-refractivity contribution in [1.82, 2.24) is 15.1 Å². The molecule has 140 valence electrons. The summed E-state index contributed by atoms with van der Waals surface area (Å²) < 4.78 is 10.7. The molecule has 1 aliphatic carbocycles. The Hall–Kier alpha value is -2.68. The van der Waals surface area contributed by atoms with Crippen molar-refractivity contribution >= 4 is 28.3 Å². The monoisotopic (exact) mass is 386 g/mol. The number of ether oxygens (including phenoxy) is 2. The van der Waals surface area contributed by atoms with Crippen molar-refractivity contribution in [2.45, 2.75) is 31.7 Å². The minimum atomic E-state index is -0.406. The van der Waals surface area contributed by atoms with E-state index in [2.05, 4.69) is 15.5 Å². The molecule has 27 heavy (non-hydrogen) atoms. The van der Waals surface area contributed by atoms with Crippen LogP contribution in [0.15, 0.2) is 18.2 Å². The van der Waals surface area contributed by atoms with Crippen LogP contribution < -0.4 is 14.8 Å². The van der Waals surface area contributed by atoms with Crippen molar-refractivity contribution in [2.24, 2.45) is 5.92 Å². The van der Waals surface area contributed by atoms with Gasteiger partial charge in [0.1, 0.15) is 11.0 Å². The maximum atomic E-state index is 12.7. The van der Waals surface area contributed by atoms with Gasteiger partial charge in [-0.05, 0) is 43.9 Å². The second-order valence-corrected chi connectivity index (χ2v) is 7.91. The number of hydrogen-bond acceptors (Lipinski definition) is 7. The van der Waals surface area contributed by atoms with Crippen LogP contribution in [0.2, 0.25) is 0 Å². The highest BCUT2D eigenvalue weighted by atomic mass is 32.1. The fourth-order valence-electron chi connectivity index (χ4n) is 3.48. The van der Waals surface area contributed by atoms with Crippen molar-refractivity contribution < 1.29 is 19.1 Å². The Morgan fingerprint density at radius 1 is 1.15 bits per heavy atom. The average Bonchev–Trinajstić information content (AvgIpc) is 3.08. The van der Waals surface area contributed by atoms with Crippen LogP contribution in [-0.2, 0) is 9.59 Å². The first kappa shape index (κ1) is 16.5. The van der Waals surface area contributed by atoms with Crippen molar-refractivity contribution in [3.8, 4) is 22.1 Å². The van der Waals surface area contributed by atoms with E-state index in [0.29, 0.717) is 34.6 Å². The second kappa shape index (κ2) is 6.49. The molecule has 1 aromatic carbocycles. The maximum Gasteiger partial charge on any atom is 0.249 e. The van der Waals surface area contributed by atoms with Crippen LogP contribution in [0.5, 0.6) is 11.5 Å². The van der Waals surface area contributed by atoms with Crippen molar-refractivity contribution in [3.05, 3.63) is 18.2 Å². The zero-order valence-corrected chi connectivity index (χ0v) is 15.3. The number of aromatic nitrogens is 2. The van der Waals surface area contributed by atoms with Crippen molar-refractivity contribution in [1.29, 1.82) is 0 Å². The second-order valence-electron chi connectivity index (χ2n) is 6.93. The number of carbonyl (C=O) groups excluding carboxylic acids is 2. The summed E-state index contributed by atoms with van der Waals surface area (Å²) in [7, 11) is 0. The molecule has 3 heterocycles. The predicted octanol–water partition coefficient (Wildman–Crippen LogP) is 2.27. The number of benzene rings is 1. The summed E-state index contributed by atoms with van der Waals surface area (Å²) in [6, 6.07) is 5.15. The van der Waals surface area contributed by atoms with Gasteiger partial charge < -0.3 is 14.4 Å². The molecular formula is C18H18N4O4S. The van der Waals surface area contributed by atoms with E-state index in [1.165, 1.54) is 11.3 Å². The molecule has 5 rings (SSSR count). The molecule has 1 aromatic heterocycles. The van der Waals surface area contributed by atoms with Crippen LogP contribution in [0.25, 0.3) is 10.6 Å². The third-order valence-electron chi connectivity index (χ3n) is 5.04. The van der Waals surface area contributed by atoms with Crippen molar-refractivity contribution in [3.63, 3.8) is 0 Å². The van der Waals surface area contributed by atoms with Gasteiger partial charge in [0.2, 0.25) is 23.7 Å². The van der Waals surface area contributed by atoms with Gasteiger partial charge in [-0.15, -0.1) is 10.2 Å². The van der Waals surface area contributed by atoms with E-state index in [9.17, 15) is 9.59 Å².